The Labute approximate surface area is 325 Å². The summed E-state index contributed by atoms with van der Waals surface area (Å²) in [5.74, 6) is 2.12. The van der Waals surface area contributed by atoms with Crippen LogP contribution in [0.25, 0.3) is 22.2 Å². The average Bonchev–Trinajstić information content (AvgIpc) is 3.49. The summed E-state index contributed by atoms with van der Waals surface area (Å²) >= 11 is 2.03. The van der Waals surface area contributed by atoms with Crippen LogP contribution < -0.4 is 0 Å². The molecule has 0 saturated carbocycles. The first-order valence-electron chi connectivity index (χ1n) is 18.6. The predicted octanol–water partition coefficient (Wildman–Crippen LogP) is 12.7. The zero-order valence-corrected chi connectivity index (χ0v) is 36.1. The van der Waals surface area contributed by atoms with Gasteiger partial charge in [0.15, 0.2) is 5.78 Å². The number of allylic oxidation sites excluding steroid dienone is 2. The Morgan fingerprint density at radius 1 is 0.843 bits per heavy atom. The molecule has 3 aromatic carbocycles. The number of aryl methyl sites for hydroxylation is 3. The first-order valence-corrected chi connectivity index (χ1v) is 19.5. The number of carbonyl (C=O) groups excluding carboxylic acids is 1. The fraction of sp³-hybridized carbons (Fsp3) is 0.478. The fourth-order valence-corrected chi connectivity index (χ4v) is 11.1. The van der Waals surface area contributed by atoms with Crippen molar-refractivity contribution in [1.82, 2.24) is 4.98 Å². The number of aliphatic hydroxyl groups excluding tert-OH is 1. The van der Waals surface area contributed by atoms with Gasteiger partial charge in [-0.3, -0.25) is 9.78 Å². The molecule has 0 fully saturated rings. The number of thioether (sulfide) groups is 1. The van der Waals surface area contributed by atoms with Crippen LogP contribution in [-0.2, 0) is 30.3 Å². The largest absolute Gasteiger partial charge is 0.512 e. The van der Waals surface area contributed by atoms with E-state index in [9.17, 15) is 9.90 Å². The van der Waals surface area contributed by atoms with Gasteiger partial charge < -0.3 is 5.11 Å². The number of nitrogens with zero attached hydrogens (tertiary/aromatic N) is 1. The van der Waals surface area contributed by atoms with Gasteiger partial charge in [0.25, 0.3) is 0 Å². The summed E-state index contributed by atoms with van der Waals surface area (Å²) in [6, 6.07) is 23.7. The molecule has 275 valence electrons. The molecular weight excluding hydrogens is 823 g/mol. The van der Waals surface area contributed by atoms with E-state index in [1.54, 1.807) is 0 Å². The van der Waals surface area contributed by atoms with Gasteiger partial charge in [0.2, 0.25) is 0 Å². The van der Waals surface area contributed by atoms with Gasteiger partial charge >= 0.3 is 0 Å². The van der Waals surface area contributed by atoms with Crippen LogP contribution in [0.2, 0.25) is 0 Å². The van der Waals surface area contributed by atoms with Gasteiger partial charge in [-0.1, -0.05) is 99.6 Å². The molecule has 51 heavy (non-hydrogen) atoms. The first-order chi connectivity index (χ1) is 23.4. The standard InChI is InChI=1S/C29H26NS.C17H32O2.Ir/c1-16-13-17(2)25-18(3)15-22(30-23(25)14-16)19-10-8-11-21-26(19)29(4,5)27-20-9-6-7-12-24(20)31-28(21)27;1-10(2)16(11(3)4)14(18)9-15(19)17(12(5)6)13(7)8;/h6-9,11-15,27-28H,1-5H3;9-13,16-18H,1-8H3;/q-1;;/b;14-9-;. The maximum atomic E-state index is 12.3. The molecule has 4 aromatic rings. The average molecular weight is 881 g/mol. The van der Waals surface area contributed by atoms with Crippen molar-refractivity contribution in [3.8, 4) is 11.3 Å². The zero-order chi connectivity index (χ0) is 36.8. The molecule has 0 spiro atoms. The molecular formula is C46H58IrNO2S-. The SMILES string of the molecule is CC(C)C(C(=O)/C=C(\O)C(C(C)C)C(C)C)C(C)C.Cc1cc(C)c2c(C)cc(-c3[c-]ccc4c3C(C)(C)C3c5ccccc5SC43)nc2c1.[Ir]. The second kappa shape index (κ2) is 16.1. The number of aliphatic hydroxyl groups is 1. The van der Waals surface area contributed by atoms with E-state index >= 15 is 0 Å². The summed E-state index contributed by atoms with van der Waals surface area (Å²) in [7, 11) is 0. The van der Waals surface area contributed by atoms with E-state index in [1.807, 2.05) is 11.8 Å². The normalized spacial score (nSPS) is 17.6. The number of ketones is 1. The van der Waals surface area contributed by atoms with Crippen molar-refractivity contribution in [1.29, 1.82) is 0 Å². The third kappa shape index (κ3) is 7.97. The van der Waals surface area contributed by atoms with Crippen LogP contribution in [0, 0.1) is 62.3 Å². The molecule has 0 amide bonds. The molecule has 2 unspecified atom stereocenters. The summed E-state index contributed by atoms with van der Waals surface area (Å²) in [6.07, 6.45) is 1.48. The number of carbonyl (C=O) groups is 1. The Balaban J connectivity index is 0.000000255. The van der Waals surface area contributed by atoms with Crippen LogP contribution in [0.15, 0.2) is 71.3 Å². The smallest absolute Gasteiger partial charge is 0.162 e. The summed E-state index contributed by atoms with van der Waals surface area (Å²) in [5.41, 5.74) is 11.6. The van der Waals surface area contributed by atoms with Crippen LogP contribution in [0.5, 0.6) is 0 Å². The third-order valence-electron chi connectivity index (χ3n) is 11.1. The molecule has 1 N–H and O–H groups in total. The molecule has 1 aliphatic carbocycles. The van der Waals surface area contributed by atoms with Gasteiger partial charge in [-0.2, -0.15) is 0 Å². The minimum absolute atomic E-state index is 0. The number of fused-ring (bicyclic) bond motifs is 6. The van der Waals surface area contributed by atoms with E-state index < -0.39 is 0 Å². The minimum Gasteiger partial charge on any atom is -0.512 e. The van der Waals surface area contributed by atoms with Crippen molar-refractivity contribution in [2.24, 2.45) is 35.5 Å². The van der Waals surface area contributed by atoms with Crippen LogP contribution in [0.4, 0.5) is 0 Å². The fourth-order valence-electron chi connectivity index (χ4n) is 9.36. The Morgan fingerprint density at radius 3 is 2.04 bits per heavy atom. The summed E-state index contributed by atoms with van der Waals surface area (Å²) in [5, 5.41) is 12.0. The van der Waals surface area contributed by atoms with Gasteiger partial charge in [0.05, 0.1) is 11.3 Å². The van der Waals surface area contributed by atoms with E-state index in [-0.39, 0.29) is 48.9 Å². The topological polar surface area (TPSA) is 50.2 Å². The van der Waals surface area contributed by atoms with E-state index in [2.05, 4.69) is 151 Å². The maximum Gasteiger partial charge on any atom is 0.162 e. The van der Waals surface area contributed by atoms with Crippen LogP contribution >= 0.6 is 11.8 Å². The molecule has 2 atom stereocenters. The van der Waals surface area contributed by atoms with Crippen LogP contribution in [0.3, 0.4) is 0 Å². The Morgan fingerprint density at radius 2 is 1.43 bits per heavy atom. The Hall–Kier alpha value is -2.72. The van der Waals surface area contributed by atoms with Crippen LogP contribution in [-0.4, -0.2) is 15.9 Å². The number of benzene rings is 3. The molecule has 3 nitrogen and oxygen atoms in total. The van der Waals surface area contributed by atoms with E-state index in [0.717, 1.165) is 11.2 Å². The van der Waals surface area contributed by atoms with E-state index in [0.29, 0.717) is 34.8 Å². The zero-order valence-electron chi connectivity index (χ0n) is 32.9. The van der Waals surface area contributed by atoms with Crippen molar-refractivity contribution in [3.63, 3.8) is 0 Å². The molecule has 6 rings (SSSR count). The molecule has 1 aromatic heterocycles. The number of hydrogen-bond donors (Lipinski definition) is 1. The third-order valence-corrected chi connectivity index (χ3v) is 12.5. The van der Waals surface area contributed by atoms with Gasteiger partial charge in [-0.25, -0.2) is 0 Å². The maximum absolute atomic E-state index is 12.3. The quantitative estimate of drug-likeness (QED) is 0.109. The first kappa shape index (κ1) is 41.0. The molecule has 0 bridgehead atoms. The molecule has 1 radical (unpaired) electrons. The van der Waals surface area contributed by atoms with Crippen molar-refractivity contribution >= 4 is 28.4 Å². The molecule has 2 heterocycles. The van der Waals surface area contributed by atoms with Gasteiger partial charge in [0.1, 0.15) is 0 Å². The number of hydrogen-bond acceptors (Lipinski definition) is 4. The minimum atomic E-state index is -0.0119. The number of pyridine rings is 1. The molecule has 0 saturated heterocycles. The Kier molecular flexibility index (Phi) is 13.0. The molecule has 1 aliphatic heterocycles. The van der Waals surface area contributed by atoms with Crippen molar-refractivity contribution in [3.05, 3.63) is 106 Å². The van der Waals surface area contributed by atoms with E-state index in [1.165, 1.54) is 55.3 Å². The molecule has 2 aliphatic rings. The van der Waals surface area contributed by atoms with Gasteiger partial charge in [0, 0.05) is 59.5 Å². The molecule has 5 heteroatoms. The Bertz CT molecular complexity index is 1900. The van der Waals surface area contributed by atoms with Crippen molar-refractivity contribution in [2.45, 2.75) is 111 Å². The van der Waals surface area contributed by atoms with Gasteiger partial charge in [-0.15, -0.1) is 46.7 Å². The van der Waals surface area contributed by atoms with Crippen LogP contribution in [0.1, 0.15) is 114 Å². The van der Waals surface area contributed by atoms with Crippen molar-refractivity contribution in [2.75, 3.05) is 0 Å². The second-order valence-electron chi connectivity index (χ2n) is 16.8. The number of aromatic nitrogens is 1. The monoisotopic (exact) mass is 881 g/mol. The summed E-state index contributed by atoms with van der Waals surface area (Å²) in [4.78, 5) is 19.0. The number of rotatable bonds is 8. The van der Waals surface area contributed by atoms with E-state index in [4.69, 9.17) is 4.98 Å². The summed E-state index contributed by atoms with van der Waals surface area (Å²) in [6.45, 7) is 28.0. The van der Waals surface area contributed by atoms with Crippen molar-refractivity contribution < 1.29 is 30.0 Å². The summed E-state index contributed by atoms with van der Waals surface area (Å²) < 4.78 is 0. The predicted molar refractivity (Wildman–Crippen MR) is 213 cm³/mol. The second-order valence-corrected chi connectivity index (χ2v) is 17.9. The van der Waals surface area contributed by atoms with Gasteiger partial charge in [-0.05, 0) is 89.9 Å².